The molecule has 0 N–H and O–H groups in total. The first-order chi connectivity index (χ1) is 21.2. The zero-order chi connectivity index (χ0) is 30.7. The molecular formula is C33H25N5O5S. The van der Waals surface area contributed by atoms with Crippen molar-refractivity contribution in [2.75, 3.05) is 0 Å². The lowest BCUT2D eigenvalue weighted by atomic mass is 9.83. The third-order valence-corrected chi connectivity index (χ3v) is 9.33. The fourth-order valence-electron chi connectivity index (χ4n) is 6.33. The first-order valence-electron chi connectivity index (χ1n) is 14.0. The highest BCUT2D eigenvalue weighted by Gasteiger charge is 2.33. The van der Waals surface area contributed by atoms with Crippen LogP contribution in [0.15, 0.2) is 94.2 Å². The second-order valence-electron chi connectivity index (χ2n) is 10.9. The Balaban J connectivity index is 1.41. The van der Waals surface area contributed by atoms with Crippen molar-refractivity contribution in [3.63, 3.8) is 0 Å². The van der Waals surface area contributed by atoms with E-state index in [1.807, 2.05) is 54.8 Å². The van der Waals surface area contributed by atoms with E-state index in [1.165, 1.54) is 35.1 Å². The molecule has 0 fully saturated rings. The monoisotopic (exact) mass is 603 g/mol. The van der Waals surface area contributed by atoms with Crippen molar-refractivity contribution in [2.24, 2.45) is 4.99 Å². The molecule has 11 heteroatoms. The first kappa shape index (κ1) is 27.4. The molecule has 5 aromatic rings. The summed E-state index contributed by atoms with van der Waals surface area (Å²) in [6.07, 6.45) is 3.33. The molecule has 0 radical (unpaired) electrons. The minimum Gasteiger partial charge on any atom is -0.318 e. The molecule has 0 spiro atoms. The van der Waals surface area contributed by atoms with Gasteiger partial charge < -0.3 is 4.57 Å². The van der Waals surface area contributed by atoms with Gasteiger partial charge in [-0.15, -0.1) is 0 Å². The van der Waals surface area contributed by atoms with Crippen LogP contribution in [-0.4, -0.2) is 19.0 Å². The summed E-state index contributed by atoms with van der Waals surface area (Å²) in [5.41, 5.74) is 7.87. The summed E-state index contributed by atoms with van der Waals surface area (Å²) in [7, 11) is 0. The fraction of sp³-hybridized carbons (Fsp3) is 0.152. The highest BCUT2D eigenvalue weighted by atomic mass is 32.1. The zero-order valence-corrected chi connectivity index (χ0v) is 24.6. The van der Waals surface area contributed by atoms with E-state index in [1.54, 1.807) is 28.8 Å². The molecule has 1 aliphatic carbocycles. The van der Waals surface area contributed by atoms with Crippen LogP contribution in [0.4, 0.5) is 11.4 Å². The summed E-state index contributed by atoms with van der Waals surface area (Å²) in [5.74, 6) is 0. The third-order valence-electron chi connectivity index (χ3n) is 8.35. The number of rotatable bonds is 5. The molecule has 2 aliphatic rings. The van der Waals surface area contributed by atoms with Gasteiger partial charge in [0.2, 0.25) is 0 Å². The Hall–Kier alpha value is -5.42. The molecule has 0 amide bonds. The quantitative estimate of drug-likeness (QED) is 0.193. The van der Waals surface area contributed by atoms with Crippen molar-refractivity contribution in [2.45, 2.75) is 32.7 Å². The number of hydrogen-bond acceptors (Lipinski definition) is 7. The van der Waals surface area contributed by atoms with E-state index in [0.717, 1.165) is 45.9 Å². The lowest BCUT2D eigenvalue weighted by Crippen LogP contribution is -2.38. The molecule has 7 rings (SSSR count). The van der Waals surface area contributed by atoms with Crippen LogP contribution in [0.5, 0.6) is 0 Å². The van der Waals surface area contributed by atoms with E-state index in [0.29, 0.717) is 21.3 Å². The van der Waals surface area contributed by atoms with E-state index < -0.39 is 15.9 Å². The van der Waals surface area contributed by atoms with Crippen LogP contribution in [0, 0.1) is 34.1 Å². The normalized spacial score (nSPS) is 15.8. The van der Waals surface area contributed by atoms with E-state index in [4.69, 9.17) is 4.99 Å². The molecule has 0 saturated carbocycles. The van der Waals surface area contributed by atoms with Crippen LogP contribution in [0.3, 0.4) is 0 Å². The van der Waals surface area contributed by atoms with E-state index >= 15 is 0 Å². The predicted octanol–water partition coefficient (Wildman–Crippen LogP) is 5.54. The summed E-state index contributed by atoms with van der Waals surface area (Å²) in [5, 5.41) is 22.8. The Morgan fingerprint density at radius 2 is 1.66 bits per heavy atom. The second kappa shape index (κ2) is 10.4. The molecule has 1 aliphatic heterocycles. The van der Waals surface area contributed by atoms with Gasteiger partial charge in [0.25, 0.3) is 16.9 Å². The number of aryl methyl sites for hydroxylation is 2. The Morgan fingerprint density at radius 1 is 0.909 bits per heavy atom. The Labute approximate surface area is 254 Å². The molecular weight excluding hydrogens is 578 g/mol. The van der Waals surface area contributed by atoms with Gasteiger partial charge in [0.05, 0.1) is 26.1 Å². The summed E-state index contributed by atoms with van der Waals surface area (Å²) in [6.45, 7) is 3.89. The number of benzene rings is 3. The summed E-state index contributed by atoms with van der Waals surface area (Å²) >= 11 is 1.30. The summed E-state index contributed by atoms with van der Waals surface area (Å²) in [4.78, 5) is 41.7. The largest absolute Gasteiger partial charge is 0.318 e. The van der Waals surface area contributed by atoms with Gasteiger partial charge in [-0.2, -0.15) is 0 Å². The van der Waals surface area contributed by atoms with Crippen molar-refractivity contribution in [1.29, 1.82) is 0 Å². The maximum absolute atomic E-state index is 14.2. The van der Waals surface area contributed by atoms with Crippen molar-refractivity contribution < 1.29 is 9.85 Å². The lowest BCUT2D eigenvalue weighted by Gasteiger charge is -2.30. The van der Waals surface area contributed by atoms with Crippen LogP contribution in [0.2, 0.25) is 0 Å². The molecule has 44 heavy (non-hydrogen) atoms. The van der Waals surface area contributed by atoms with Crippen LogP contribution < -0.4 is 14.9 Å². The van der Waals surface area contributed by atoms with Crippen molar-refractivity contribution in [3.05, 3.63) is 158 Å². The Bertz CT molecular complexity index is 2240. The lowest BCUT2D eigenvalue weighted by molar-refractivity contribution is -0.385. The maximum Gasteiger partial charge on any atom is 0.271 e. The van der Waals surface area contributed by atoms with Crippen LogP contribution in [-0.2, 0) is 6.42 Å². The molecule has 0 saturated heterocycles. The van der Waals surface area contributed by atoms with Crippen molar-refractivity contribution >= 4 is 34.5 Å². The Kier molecular flexibility index (Phi) is 6.47. The number of nitro groups is 2. The molecule has 10 nitrogen and oxygen atoms in total. The molecule has 3 aromatic carbocycles. The standard InChI is InChI=1S/C33H25N5O5S/c1-19-16-23(20(2)35(19)24-11-13-25(14-12-24)37(40)41)18-29-32(39)36-31(22-7-5-8-26(17-22)38(42)43)28-15-10-21-6-3-4-9-27(21)30(28)34-33(36)44-29/h3-9,11-14,16-18,31H,10,15H2,1-2H3/b29-18+/t31-/m0/s1. The average molecular weight is 604 g/mol. The Morgan fingerprint density at radius 3 is 2.41 bits per heavy atom. The molecule has 2 aromatic heterocycles. The van der Waals surface area contributed by atoms with Gasteiger partial charge in [0.1, 0.15) is 0 Å². The van der Waals surface area contributed by atoms with E-state index in [9.17, 15) is 25.0 Å². The topological polar surface area (TPSA) is 126 Å². The fourth-order valence-corrected chi connectivity index (χ4v) is 7.32. The maximum atomic E-state index is 14.2. The minimum absolute atomic E-state index is 0.0150. The second-order valence-corrected chi connectivity index (χ2v) is 11.9. The van der Waals surface area contributed by atoms with Crippen LogP contribution in [0.1, 0.15) is 46.1 Å². The number of hydrogen-bond donors (Lipinski definition) is 0. The first-order valence-corrected chi connectivity index (χ1v) is 14.8. The van der Waals surface area contributed by atoms with E-state index in [-0.39, 0.29) is 16.9 Å². The van der Waals surface area contributed by atoms with Crippen molar-refractivity contribution in [3.8, 4) is 5.69 Å². The minimum atomic E-state index is -0.524. The summed E-state index contributed by atoms with van der Waals surface area (Å²) in [6, 6.07) is 22.4. The molecule has 1 atom stereocenters. The van der Waals surface area contributed by atoms with Gasteiger partial charge in [-0.05, 0) is 73.2 Å². The molecule has 0 unspecified atom stereocenters. The smallest absolute Gasteiger partial charge is 0.271 e. The number of allylic oxidation sites excluding steroid dienone is 1. The van der Waals surface area contributed by atoms with Gasteiger partial charge in [0, 0.05) is 46.9 Å². The third kappa shape index (κ3) is 4.40. The van der Waals surface area contributed by atoms with Crippen molar-refractivity contribution in [1.82, 2.24) is 9.13 Å². The number of nitrogens with zero attached hydrogens (tertiary/aromatic N) is 5. The molecule has 3 heterocycles. The number of non-ortho nitro benzene ring substituents is 2. The molecule has 0 bridgehead atoms. The number of thiazole rings is 1. The van der Waals surface area contributed by atoms with Gasteiger partial charge in [0.15, 0.2) is 4.80 Å². The highest BCUT2D eigenvalue weighted by molar-refractivity contribution is 7.07. The number of aromatic nitrogens is 2. The van der Waals surface area contributed by atoms with E-state index in [2.05, 4.69) is 6.07 Å². The number of nitro benzene ring substituents is 2. The highest BCUT2D eigenvalue weighted by Crippen LogP contribution is 2.41. The molecule has 218 valence electrons. The van der Waals surface area contributed by atoms with Crippen LogP contribution in [0.25, 0.3) is 17.5 Å². The van der Waals surface area contributed by atoms with Crippen LogP contribution >= 0.6 is 11.3 Å². The zero-order valence-electron chi connectivity index (χ0n) is 23.8. The number of fused-ring (bicyclic) bond motifs is 3. The van der Waals surface area contributed by atoms with Gasteiger partial charge in [-0.25, -0.2) is 4.99 Å². The SMILES string of the molecule is Cc1cc(/C=c2/sc3n(c2=O)[C@@H](c2cccc([N+](=O)[O-])c2)C2=C(N=3)c3ccccc3CC2)c(C)n1-c1ccc([N+](=O)[O-])cc1. The van der Waals surface area contributed by atoms with Gasteiger partial charge in [-0.1, -0.05) is 47.7 Å². The predicted molar refractivity (Wildman–Crippen MR) is 168 cm³/mol. The van der Waals surface area contributed by atoms with Gasteiger partial charge in [-0.3, -0.25) is 29.6 Å². The van der Waals surface area contributed by atoms with Gasteiger partial charge >= 0.3 is 0 Å². The summed E-state index contributed by atoms with van der Waals surface area (Å²) < 4.78 is 4.17. The average Bonchev–Trinajstić information content (AvgIpc) is 3.49.